The van der Waals surface area contributed by atoms with Gasteiger partial charge in [0.2, 0.25) is 0 Å². The lowest BCUT2D eigenvalue weighted by Crippen LogP contribution is -2.06. The van der Waals surface area contributed by atoms with Crippen molar-refractivity contribution in [2.45, 2.75) is 16.0 Å². The second-order valence-electron chi connectivity index (χ2n) is 5.99. The van der Waals surface area contributed by atoms with Crippen molar-refractivity contribution in [2.75, 3.05) is 5.32 Å². The Morgan fingerprint density at radius 1 is 0.800 bits per heavy atom. The number of non-ortho nitro benzene ring substituents is 1. The number of rotatable bonds is 6. The van der Waals surface area contributed by atoms with Crippen LogP contribution in [0.5, 0.6) is 0 Å². The normalized spacial score (nSPS) is 11.2. The molecule has 1 N–H and O–H groups in total. The third-order valence-electron chi connectivity index (χ3n) is 3.94. The predicted octanol–water partition coefficient (Wildman–Crippen LogP) is 6.42. The maximum absolute atomic E-state index is 12.8. The third kappa shape index (κ3) is 5.06. The second-order valence-corrected chi connectivity index (χ2v) is 7.14. The third-order valence-corrected chi connectivity index (χ3v) is 4.95. The number of alkyl halides is 3. The molecular weight excluding hydrogens is 423 g/mol. The number of nitrogens with zero attached hydrogens (tertiary/aromatic N) is 2. The van der Waals surface area contributed by atoms with Gasteiger partial charge in [-0.1, -0.05) is 11.8 Å². The van der Waals surface area contributed by atoms with Gasteiger partial charge in [0.1, 0.15) is 5.69 Å². The number of hydrogen-bond donors (Lipinski definition) is 1. The molecule has 154 valence electrons. The van der Waals surface area contributed by atoms with Crippen LogP contribution in [-0.2, 0) is 6.18 Å². The topological polar surface area (TPSA) is 98.3 Å². The van der Waals surface area contributed by atoms with Gasteiger partial charge in [0, 0.05) is 33.7 Å². The van der Waals surface area contributed by atoms with Crippen LogP contribution < -0.4 is 5.32 Å². The number of nitro groups is 2. The zero-order valence-electron chi connectivity index (χ0n) is 14.9. The van der Waals surface area contributed by atoms with E-state index in [1.807, 2.05) is 0 Å². The summed E-state index contributed by atoms with van der Waals surface area (Å²) in [6.07, 6.45) is -4.68. The highest BCUT2D eigenvalue weighted by Crippen LogP contribution is 2.36. The lowest BCUT2D eigenvalue weighted by molar-refractivity contribution is -0.384. The molecule has 0 spiro atoms. The number of benzene rings is 3. The van der Waals surface area contributed by atoms with Crippen molar-refractivity contribution in [3.63, 3.8) is 0 Å². The summed E-state index contributed by atoms with van der Waals surface area (Å²) in [4.78, 5) is 22.1. The van der Waals surface area contributed by atoms with Crippen LogP contribution in [0.15, 0.2) is 76.5 Å². The second kappa shape index (κ2) is 8.41. The number of halogens is 3. The number of hydrogen-bond acceptors (Lipinski definition) is 6. The first-order valence-corrected chi connectivity index (χ1v) is 9.10. The Balaban J connectivity index is 1.75. The smallest absolute Gasteiger partial charge is 0.350 e. The SMILES string of the molecule is O=[N+]([O-])c1ccc(Sc2ccc(Nc3ccc(C(F)(F)F)cc3[N+](=O)[O-])cc2)cc1. The zero-order chi connectivity index (χ0) is 21.9. The largest absolute Gasteiger partial charge is 0.416 e. The van der Waals surface area contributed by atoms with E-state index in [2.05, 4.69) is 5.32 Å². The Kier molecular flexibility index (Phi) is 5.92. The Morgan fingerprint density at radius 2 is 1.37 bits per heavy atom. The molecule has 0 unspecified atom stereocenters. The molecular formula is C19H12F3N3O4S. The van der Waals surface area contributed by atoms with Gasteiger partial charge in [-0.15, -0.1) is 0 Å². The minimum absolute atomic E-state index is 0.0166. The molecule has 7 nitrogen and oxygen atoms in total. The first-order valence-electron chi connectivity index (χ1n) is 8.28. The fraction of sp³-hybridized carbons (Fsp3) is 0.0526. The van der Waals surface area contributed by atoms with Crippen molar-refractivity contribution in [3.05, 3.63) is 92.5 Å². The Bertz CT molecular complexity index is 1090. The van der Waals surface area contributed by atoms with Crippen LogP contribution in [0.1, 0.15) is 5.56 Å². The van der Waals surface area contributed by atoms with Gasteiger partial charge in [0.05, 0.1) is 15.4 Å². The quantitative estimate of drug-likeness (QED) is 0.355. The molecule has 0 aliphatic rings. The van der Waals surface area contributed by atoms with Crippen molar-refractivity contribution < 1.29 is 23.0 Å². The fourth-order valence-electron chi connectivity index (χ4n) is 2.50. The highest BCUT2D eigenvalue weighted by atomic mass is 32.2. The van der Waals surface area contributed by atoms with Crippen molar-refractivity contribution >= 4 is 34.5 Å². The van der Waals surface area contributed by atoms with Gasteiger partial charge in [-0.2, -0.15) is 13.2 Å². The van der Waals surface area contributed by atoms with E-state index in [4.69, 9.17) is 0 Å². The lowest BCUT2D eigenvalue weighted by Gasteiger charge is -2.11. The molecule has 0 atom stereocenters. The van der Waals surface area contributed by atoms with E-state index in [-0.39, 0.29) is 11.4 Å². The van der Waals surface area contributed by atoms with Gasteiger partial charge >= 0.3 is 6.18 Å². The molecule has 0 amide bonds. The molecule has 0 saturated heterocycles. The molecule has 0 bridgehead atoms. The molecule has 0 aliphatic carbocycles. The minimum Gasteiger partial charge on any atom is -0.350 e. The molecule has 3 aromatic rings. The lowest BCUT2D eigenvalue weighted by atomic mass is 10.1. The summed E-state index contributed by atoms with van der Waals surface area (Å²) in [6.45, 7) is 0. The summed E-state index contributed by atoms with van der Waals surface area (Å²) in [5, 5.41) is 24.6. The van der Waals surface area contributed by atoms with Crippen molar-refractivity contribution in [1.29, 1.82) is 0 Å². The van der Waals surface area contributed by atoms with E-state index in [0.29, 0.717) is 11.8 Å². The van der Waals surface area contributed by atoms with E-state index in [1.165, 1.54) is 23.9 Å². The Hall–Kier alpha value is -3.60. The molecule has 0 radical (unpaired) electrons. The van der Waals surface area contributed by atoms with Gasteiger partial charge in [-0.3, -0.25) is 20.2 Å². The monoisotopic (exact) mass is 435 g/mol. The standard InChI is InChI=1S/C19H12F3N3O4S/c20-19(21,22)12-1-10-17(18(11-12)25(28)29)23-13-2-6-15(7-3-13)30-16-8-4-14(5-9-16)24(26)27/h1-11,23H. The summed E-state index contributed by atoms with van der Waals surface area (Å²) in [7, 11) is 0. The first-order chi connectivity index (χ1) is 14.1. The highest BCUT2D eigenvalue weighted by molar-refractivity contribution is 7.99. The van der Waals surface area contributed by atoms with E-state index in [9.17, 15) is 33.4 Å². The van der Waals surface area contributed by atoms with Gasteiger partial charge in [-0.25, -0.2) is 0 Å². The number of nitro benzene ring substituents is 2. The van der Waals surface area contributed by atoms with Crippen molar-refractivity contribution in [3.8, 4) is 0 Å². The molecule has 3 rings (SSSR count). The molecule has 0 aromatic heterocycles. The zero-order valence-corrected chi connectivity index (χ0v) is 15.7. The molecule has 0 saturated carbocycles. The van der Waals surface area contributed by atoms with Crippen LogP contribution in [0, 0.1) is 20.2 Å². The molecule has 3 aromatic carbocycles. The van der Waals surface area contributed by atoms with Crippen LogP contribution in [-0.4, -0.2) is 9.85 Å². The molecule has 0 aliphatic heterocycles. The van der Waals surface area contributed by atoms with Gasteiger partial charge in [0.25, 0.3) is 11.4 Å². The van der Waals surface area contributed by atoms with Crippen molar-refractivity contribution in [1.82, 2.24) is 0 Å². The predicted molar refractivity (Wildman–Crippen MR) is 105 cm³/mol. The van der Waals surface area contributed by atoms with Crippen molar-refractivity contribution in [2.24, 2.45) is 0 Å². The minimum atomic E-state index is -4.68. The van der Waals surface area contributed by atoms with Gasteiger partial charge in [-0.05, 0) is 48.5 Å². The van der Waals surface area contributed by atoms with Crippen LogP contribution in [0.3, 0.4) is 0 Å². The van der Waals surface area contributed by atoms with E-state index in [1.54, 1.807) is 36.4 Å². The van der Waals surface area contributed by atoms with E-state index < -0.39 is 27.3 Å². The average molecular weight is 435 g/mol. The maximum Gasteiger partial charge on any atom is 0.416 e. The number of anilines is 2. The molecule has 30 heavy (non-hydrogen) atoms. The molecule has 0 fully saturated rings. The number of nitrogens with one attached hydrogen (secondary N) is 1. The average Bonchev–Trinajstić information content (AvgIpc) is 2.69. The Morgan fingerprint density at radius 3 is 1.87 bits per heavy atom. The van der Waals surface area contributed by atoms with Crippen LogP contribution >= 0.6 is 11.8 Å². The van der Waals surface area contributed by atoms with Gasteiger partial charge < -0.3 is 5.32 Å². The summed E-state index contributed by atoms with van der Waals surface area (Å²) in [6, 6.07) is 14.9. The van der Waals surface area contributed by atoms with Crippen LogP contribution in [0.2, 0.25) is 0 Å². The summed E-state index contributed by atoms with van der Waals surface area (Å²) in [5.74, 6) is 0. The molecule has 11 heteroatoms. The maximum atomic E-state index is 12.8. The van der Waals surface area contributed by atoms with E-state index in [0.717, 1.165) is 21.9 Å². The summed E-state index contributed by atoms with van der Waals surface area (Å²) < 4.78 is 38.4. The fourth-order valence-corrected chi connectivity index (χ4v) is 3.32. The highest BCUT2D eigenvalue weighted by Gasteiger charge is 2.33. The molecule has 0 heterocycles. The van der Waals surface area contributed by atoms with Crippen LogP contribution in [0.4, 0.5) is 35.9 Å². The first kappa shape index (κ1) is 21.1. The summed E-state index contributed by atoms with van der Waals surface area (Å²) >= 11 is 1.35. The van der Waals surface area contributed by atoms with Gasteiger partial charge in [0.15, 0.2) is 0 Å². The summed E-state index contributed by atoms with van der Waals surface area (Å²) in [5.41, 5.74) is -1.42. The Labute approximate surface area is 171 Å². The van der Waals surface area contributed by atoms with Crippen LogP contribution in [0.25, 0.3) is 0 Å². The van der Waals surface area contributed by atoms with E-state index >= 15 is 0 Å².